The summed E-state index contributed by atoms with van der Waals surface area (Å²) in [5.41, 5.74) is 0. The highest BCUT2D eigenvalue weighted by molar-refractivity contribution is 8.49. The van der Waals surface area contributed by atoms with Gasteiger partial charge in [0.15, 0.2) is 0 Å². The summed E-state index contributed by atoms with van der Waals surface area (Å²) in [5.74, 6) is 0.976. The van der Waals surface area contributed by atoms with Crippen molar-refractivity contribution >= 4 is 77.2 Å². The van der Waals surface area contributed by atoms with E-state index in [1.807, 2.05) is 50.2 Å². The zero-order chi connectivity index (χ0) is 24.5. The molecule has 0 saturated carbocycles. The van der Waals surface area contributed by atoms with Crippen LogP contribution in [0.4, 0.5) is 0 Å². The van der Waals surface area contributed by atoms with Gasteiger partial charge in [-0.15, -0.1) is 0 Å². The molecule has 0 saturated heterocycles. The Hall–Kier alpha value is -0.680. The molecule has 0 bridgehead atoms. The first-order chi connectivity index (χ1) is 15.6. The molecule has 2 unspecified atom stereocenters. The summed E-state index contributed by atoms with van der Waals surface area (Å²) in [6.07, 6.45) is 0.618. The van der Waals surface area contributed by atoms with E-state index >= 15 is 0 Å². The van der Waals surface area contributed by atoms with Crippen LogP contribution in [0.3, 0.4) is 0 Å². The van der Waals surface area contributed by atoms with Crippen LogP contribution in [0.2, 0.25) is 15.1 Å². The highest BCUT2D eigenvalue weighted by atomic mass is 35.5. The van der Waals surface area contributed by atoms with Gasteiger partial charge in [-0.25, -0.2) is 0 Å². The molecule has 0 aliphatic carbocycles. The third-order valence-corrected chi connectivity index (χ3v) is 10.6. The fourth-order valence-electron chi connectivity index (χ4n) is 2.40. The molecule has 3 rings (SSSR count). The van der Waals surface area contributed by atoms with Gasteiger partial charge >= 0.3 is 6.57 Å². The van der Waals surface area contributed by atoms with Gasteiger partial charge in [0, 0.05) is 12.2 Å². The number of hydrogen-bond acceptors (Lipinski definition) is 5. The third-order valence-electron chi connectivity index (χ3n) is 3.98. The lowest BCUT2D eigenvalue weighted by molar-refractivity contribution is 0.332. The molecule has 0 heterocycles. The molecule has 3 aromatic carbocycles. The van der Waals surface area contributed by atoms with Gasteiger partial charge in [0.05, 0.1) is 27.0 Å². The summed E-state index contributed by atoms with van der Waals surface area (Å²) in [5, 5.41) is 1.73. The molecule has 0 amide bonds. The third kappa shape index (κ3) is 9.12. The molecule has 2 atom stereocenters. The van der Waals surface area contributed by atoms with Gasteiger partial charge in [0.2, 0.25) is 6.49 Å². The van der Waals surface area contributed by atoms with E-state index in [1.165, 1.54) is 6.07 Å². The van der Waals surface area contributed by atoms with Gasteiger partial charge in [-0.1, -0.05) is 90.4 Å². The SMILES string of the molecule is CCOP(=S)(CC)Oc1cc(Cl)c(Cl)cc1Cl.O=P(S)(Oc1ccccc1)c1ccccc1. The van der Waals surface area contributed by atoms with E-state index in [2.05, 4.69) is 12.2 Å². The lowest BCUT2D eigenvalue weighted by atomic mass is 10.3. The minimum Gasteiger partial charge on any atom is -0.442 e. The molecule has 0 fully saturated rings. The molecule has 0 aliphatic rings. The van der Waals surface area contributed by atoms with Crippen molar-refractivity contribution < 1.29 is 18.1 Å². The van der Waals surface area contributed by atoms with E-state index in [0.717, 1.165) is 0 Å². The van der Waals surface area contributed by atoms with E-state index in [1.54, 1.807) is 30.3 Å². The molecular weight excluding hydrogens is 561 g/mol. The molecule has 4 nitrogen and oxygen atoms in total. The Morgan fingerprint density at radius 1 is 0.848 bits per heavy atom. The van der Waals surface area contributed by atoms with Crippen molar-refractivity contribution in [3.63, 3.8) is 0 Å². The standard InChI is InChI=1S/C12H11O2PS.C10H12Cl3O2PS/c13-15(16,12-9-5-2-6-10-12)14-11-7-3-1-4-8-11;1-3-14-16(17,4-2)15-10-6-8(12)7(11)5-9(10)13/h1-10H,(H,13,16);5-6H,3-4H2,1-2H3. The molecule has 11 heteroatoms. The zero-order valence-corrected chi connectivity index (χ0v) is 23.6. The lowest BCUT2D eigenvalue weighted by Gasteiger charge is -2.21. The smallest absolute Gasteiger partial charge is 0.330 e. The van der Waals surface area contributed by atoms with Crippen LogP contribution in [-0.2, 0) is 20.9 Å². The van der Waals surface area contributed by atoms with Crippen molar-refractivity contribution in [2.75, 3.05) is 12.8 Å². The van der Waals surface area contributed by atoms with Crippen molar-refractivity contribution in [2.45, 2.75) is 13.8 Å². The van der Waals surface area contributed by atoms with Gasteiger partial charge in [-0.2, -0.15) is 0 Å². The molecule has 0 spiro atoms. The van der Waals surface area contributed by atoms with Gasteiger partial charge in [0.1, 0.15) is 11.5 Å². The molecule has 178 valence electrons. The molecule has 3 aromatic rings. The Balaban J connectivity index is 0.000000234. The van der Waals surface area contributed by atoms with Crippen LogP contribution in [0.15, 0.2) is 72.8 Å². The summed E-state index contributed by atoms with van der Waals surface area (Å²) >= 11 is 27.2. The average molecular weight is 584 g/mol. The van der Waals surface area contributed by atoms with Crippen molar-refractivity contribution in [3.8, 4) is 11.5 Å². The van der Waals surface area contributed by atoms with E-state index in [-0.39, 0.29) is 0 Å². The second kappa shape index (κ2) is 13.4. The highest BCUT2D eigenvalue weighted by Gasteiger charge is 2.22. The first-order valence-electron chi connectivity index (χ1n) is 9.81. The molecule has 0 aromatic heterocycles. The minimum absolute atomic E-state index is 0.375. The largest absolute Gasteiger partial charge is 0.442 e. The number of thiol groups is 1. The van der Waals surface area contributed by atoms with Gasteiger partial charge in [-0.3, -0.25) is 4.57 Å². The van der Waals surface area contributed by atoms with Crippen LogP contribution in [0.5, 0.6) is 11.5 Å². The van der Waals surface area contributed by atoms with Crippen molar-refractivity contribution in [2.24, 2.45) is 0 Å². The lowest BCUT2D eigenvalue weighted by Crippen LogP contribution is -2.04. The first-order valence-corrected chi connectivity index (χ1v) is 16.5. The maximum Gasteiger partial charge on any atom is 0.330 e. The van der Waals surface area contributed by atoms with E-state index < -0.39 is 13.1 Å². The van der Waals surface area contributed by atoms with E-state index in [0.29, 0.717) is 44.6 Å². The predicted molar refractivity (Wildman–Crippen MR) is 148 cm³/mol. The number of para-hydroxylation sites is 1. The van der Waals surface area contributed by atoms with E-state index in [4.69, 9.17) is 60.2 Å². The van der Waals surface area contributed by atoms with Crippen molar-refractivity contribution in [1.29, 1.82) is 0 Å². The van der Waals surface area contributed by atoms with Crippen LogP contribution in [-0.4, -0.2) is 12.8 Å². The van der Waals surface area contributed by atoms with Crippen LogP contribution in [0.1, 0.15) is 13.8 Å². The van der Waals surface area contributed by atoms with Crippen LogP contribution >= 0.6 is 60.1 Å². The first kappa shape index (κ1) is 28.6. The maximum absolute atomic E-state index is 12.2. The number of rotatable bonds is 8. The van der Waals surface area contributed by atoms with Crippen LogP contribution in [0.25, 0.3) is 0 Å². The van der Waals surface area contributed by atoms with Crippen LogP contribution in [0, 0.1) is 0 Å². The highest BCUT2D eigenvalue weighted by Crippen LogP contribution is 2.51. The predicted octanol–water partition coefficient (Wildman–Crippen LogP) is 8.91. The zero-order valence-electron chi connectivity index (χ0n) is 17.9. The summed E-state index contributed by atoms with van der Waals surface area (Å²) in [6.45, 7) is -1.12. The Morgan fingerprint density at radius 2 is 1.39 bits per heavy atom. The second-order valence-corrected chi connectivity index (χ2v) is 14.9. The summed E-state index contributed by atoms with van der Waals surface area (Å²) in [7, 11) is 0. The molecular formula is C22H23Cl3O4P2S2. The Morgan fingerprint density at radius 3 is 1.94 bits per heavy atom. The van der Waals surface area contributed by atoms with Crippen LogP contribution < -0.4 is 14.4 Å². The molecule has 0 radical (unpaired) electrons. The summed E-state index contributed by atoms with van der Waals surface area (Å²) in [4.78, 5) is 0. The van der Waals surface area contributed by atoms with Crippen molar-refractivity contribution in [3.05, 3.63) is 87.9 Å². The number of benzene rings is 3. The fraction of sp³-hybridized carbons (Fsp3) is 0.182. The Bertz CT molecular complexity index is 1140. The maximum atomic E-state index is 12.2. The second-order valence-electron chi connectivity index (χ2n) is 6.39. The normalized spacial score (nSPS) is 14.2. The van der Waals surface area contributed by atoms with Crippen molar-refractivity contribution in [1.82, 2.24) is 0 Å². The summed E-state index contributed by atoms with van der Waals surface area (Å²) < 4.78 is 28.8. The monoisotopic (exact) mass is 582 g/mol. The Kier molecular flexibility index (Phi) is 11.6. The number of hydrogen-bond donors (Lipinski definition) is 1. The number of halogens is 3. The molecule has 33 heavy (non-hydrogen) atoms. The van der Waals surface area contributed by atoms with Gasteiger partial charge < -0.3 is 13.6 Å². The Labute approximate surface area is 220 Å². The molecule has 0 aliphatic heterocycles. The topological polar surface area (TPSA) is 44.8 Å². The summed E-state index contributed by atoms with van der Waals surface area (Å²) in [6, 6.07) is 21.1. The van der Waals surface area contributed by atoms with E-state index in [9.17, 15) is 4.57 Å². The fourth-order valence-corrected chi connectivity index (χ4v) is 6.54. The van der Waals surface area contributed by atoms with Gasteiger partial charge in [0.25, 0.3) is 0 Å². The van der Waals surface area contributed by atoms with Gasteiger partial charge in [-0.05, 0) is 49.1 Å². The quantitative estimate of drug-likeness (QED) is 0.163. The molecule has 0 N–H and O–H groups in total. The minimum atomic E-state index is -3.07. The average Bonchev–Trinajstić information content (AvgIpc) is 2.79.